The summed E-state index contributed by atoms with van der Waals surface area (Å²) in [7, 11) is 1.56. The predicted molar refractivity (Wildman–Crippen MR) is 115 cm³/mol. The van der Waals surface area contributed by atoms with Gasteiger partial charge in [0.05, 0.1) is 24.6 Å². The third-order valence-electron chi connectivity index (χ3n) is 4.56. The second-order valence-corrected chi connectivity index (χ2v) is 7.05. The van der Waals surface area contributed by atoms with Crippen LogP contribution in [-0.4, -0.2) is 23.4 Å². The summed E-state index contributed by atoms with van der Waals surface area (Å²) >= 11 is 3.83. The van der Waals surface area contributed by atoms with Crippen molar-refractivity contribution in [1.29, 1.82) is 0 Å². The van der Waals surface area contributed by atoms with Gasteiger partial charge in [0.25, 0.3) is 0 Å². The zero-order chi connectivity index (χ0) is 21.0. The summed E-state index contributed by atoms with van der Waals surface area (Å²) in [5.41, 5.74) is 0.870. The molecular formula is C22H22FNO4S. The monoisotopic (exact) mass is 415 g/mol. The van der Waals surface area contributed by atoms with Crippen LogP contribution < -0.4 is 14.9 Å². The average Bonchev–Trinajstić information content (AvgIpc) is 2.72. The molecule has 0 N–H and O–H groups in total. The van der Waals surface area contributed by atoms with E-state index in [1.165, 1.54) is 12.1 Å². The van der Waals surface area contributed by atoms with Gasteiger partial charge in [0.2, 0.25) is 0 Å². The largest absolute Gasteiger partial charge is 0.497 e. The Hall–Kier alpha value is -2.80. The van der Waals surface area contributed by atoms with Gasteiger partial charge in [-0.15, -0.1) is 12.6 Å². The lowest BCUT2D eigenvalue weighted by Gasteiger charge is -2.17. The summed E-state index contributed by atoms with van der Waals surface area (Å²) in [6.45, 7) is 2.63. The van der Waals surface area contributed by atoms with Crippen LogP contribution in [0.3, 0.4) is 0 Å². The van der Waals surface area contributed by atoms with E-state index in [2.05, 4.69) is 12.6 Å². The van der Waals surface area contributed by atoms with E-state index in [4.69, 9.17) is 9.47 Å². The van der Waals surface area contributed by atoms with E-state index in [1.54, 1.807) is 42.1 Å². The maximum absolute atomic E-state index is 14.8. The van der Waals surface area contributed by atoms with Crippen molar-refractivity contribution in [3.63, 3.8) is 0 Å². The number of nitrogens with zero attached hydrogens (tertiary/aromatic N) is 1. The second-order valence-electron chi connectivity index (χ2n) is 6.56. The maximum Gasteiger partial charge on any atom is 0.200 e. The number of aryl methyl sites for hydroxylation is 1. The van der Waals surface area contributed by atoms with Gasteiger partial charge in [-0.05, 0) is 36.2 Å². The van der Waals surface area contributed by atoms with Crippen LogP contribution in [0.25, 0.3) is 22.0 Å². The Kier molecular flexibility index (Phi) is 6.59. The lowest BCUT2D eigenvalue weighted by Crippen LogP contribution is -2.15. The number of hydrogen-bond acceptors (Lipinski definition) is 4. The Morgan fingerprint density at radius 2 is 1.90 bits per heavy atom. The number of methoxy groups -OCH3 is 1. The molecule has 29 heavy (non-hydrogen) atoms. The number of fused-ring (bicyclic) bond motifs is 1. The molecule has 0 aliphatic carbocycles. The first kappa shape index (κ1) is 20.9. The van der Waals surface area contributed by atoms with Crippen molar-refractivity contribution >= 4 is 28.6 Å². The minimum atomic E-state index is -0.629. The number of aromatic nitrogens is 1. The number of hydrogen-bond donors (Lipinski definition) is 1. The predicted octanol–water partition coefficient (Wildman–Crippen LogP) is 4.45. The van der Waals surface area contributed by atoms with Crippen molar-refractivity contribution in [2.45, 2.75) is 26.3 Å². The van der Waals surface area contributed by atoms with Gasteiger partial charge >= 0.3 is 0 Å². The van der Waals surface area contributed by atoms with E-state index >= 15 is 0 Å². The first-order chi connectivity index (χ1) is 14.0. The summed E-state index contributed by atoms with van der Waals surface area (Å²) < 4.78 is 27.4. The summed E-state index contributed by atoms with van der Waals surface area (Å²) in [5.74, 6) is 0.431. The zero-order valence-corrected chi connectivity index (χ0v) is 17.2. The molecule has 2 aromatic carbocycles. The van der Waals surface area contributed by atoms with Crippen molar-refractivity contribution in [1.82, 2.24) is 4.57 Å². The molecular weight excluding hydrogens is 393 g/mol. The van der Waals surface area contributed by atoms with Crippen molar-refractivity contribution < 1.29 is 18.7 Å². The molecule has 0 spiro atoms. The van der Waals surface area contributed by atoms with Crippen LogP contribution in [-0.2, 0) is 11.3 Å². The fourth-order valence-electron chi connectivity index (χ4n) is 3.16. The molecule has 0 unspecified atom stereocenters. The van der Waals surface area contributed by atoms with Gasteiger partial charge in [-0.2, -0.15) is 0 Å². The van der Waals surface area contributed by atoms with Gasteiger partial charge in [0.15, 0.2) is 10.5 Å². The van der Waals surface area contributed by atoms with Crippen molar-refractivity contribution in [2.24, 2.45) is 0 Å². The molecule has 0 bridgehead atoms. The molecule has 0 aliphatic heterocycles. The average molecular weight is 415 g/mol. The van der Waals surface area contributed by atoms with Crippen LogP contribution in [0.15, 0.2) is 47.4 Å². The van der Waals surface area contributed by atoms with Gasteiger partial charge in [-0.3, -0.25) is 9.59 Å². The lowest BCUT2D eigenvalue weighted by molar-refractivity contribution is -0.110. The number of halogens is 1. The van der Waals surface area contributed by atoms with Crippen LogP contribution in [0, 0.1) is 5.82 Å². The van der Waals surface area contributed by atoms with Crippen LogP contribution in [0.1, 0.15) is 19.8 Å². The van der Waals surface area contributed by atoms with E-state index in [9.17, 15) is 14.0 Å². The lowest BCUT2D eigenvalue weighted by atomic mass is 10.0. The first-order valence-corrected chi connectivity index (χ1v) is 9.75. The smallest absolute Gasteiger partial charge is 0.200 e. The highest BCUT2D eigenvalue weighted by atomic mass is 32.1. The Bertz CT molecular complexity index is 1090. The fraction of sp³-hybridized carbons (Fsp3) is 0.273. The van der Waals surface area contributed by atoms with Crippen LogP contribution in [0.4, 0.5) is 4.39 Å². The van der Waals surface area contributed by atoms with Crippen LogP contribution >= 0.6 is 12.6 Å². The quantitative estimate of drug-likeness (QED) is 0.552. The number of pyridine rings is 1. The third-order valence-corrected chi connectivity index (χ3v) is 4.79. The Labute approximate surface area is 173 Å². The van der Waals surface area contributed by atoms with Gasteiger partial charge in [-0.1, -0.05) is 19.1 Å². The topological polar surface area (TPSA) is 57.5 Å². The summed E-state index contributed by atoms with van der Waals surface area (Å²) in [5, 5.41) is -0.353. The minimum Gasteiger partial charge on any atom is -0.497 e. The van der Waals surface area contributed by atoms with E-state index in [0.717, 1.165) is 6.42 Å². The molecule has 152 valence electrons. The number of carbonyl (C=O) groups is 1. The first-order valence-electron chi connectivity index (χ1n) is 9.31. The SMILES string of the molecule is CCCOc1ccc(F)c2c(=O)c(-c3ccc(OC)cc3)cn(CCC(=O)S)c12. The standard InChI is InChI=1S/C22H22FNO4S/c1-3-12-28-18-9-8-17(23)20-21(18)24(11-10-19(25)29)13-16(22(20)26)14-4-6-15(27-2)7-5-14/h4-9,13H,3,10-12H2,1-2H3,(H,25,29). The van der Waals surface area contributed by atoms with Gasteiger partial charge in [0.1, 0.15) is 17.3 Å². The normalized spacial score (nSPS) is 10.9. The van der Waals surface area contributed by atoms with Crippen LogP contribution in [0.5, 0.6) is 11.5 Å². The molecule has 0 aliphatic rings. The van der Waals surface area contributed by atoms with Crippen molar-refractivity contribution in [3.8, 4) is 22.6 Å². The molecule has 0 atom stereocenters. The van der Waals surface area contributed by atoms with Gasteiger partial charge in [-0.25, -0.2) is 4.39 Å². The molecule has 0 saturated heterocycles. The number of thiol groups is 1. The van der Waals surface area contributed by atoms with E-state index in [1.807, 2.05) is 6.92 Å². The molecule has 0 saturated carbocycles. The zero-order valence-electron chi connectivity index (χ0n) is 16.3. The number of benzene rings is 2. The number of rotatable bonds is 8. The van der Waals surface area contributed by atoms with Crippen LogP contribution in [0.2, 0.25) is 0 Å². The highest BCUT2D eigenvalue weighted by Gasteiger charge is 2.18. The van der Waals surface area contributed by atoms with Gasteiger partial charge < -0.3 is 14.0 Å². The van der Waals surface area contributed by atoms with Crippen molar-refractivity contribution in [3.05, 3.63) is 58.6 Å². The highest BCUT2D eigenvalue weighted by Crippen LogP contribution is 2.30. The highest BCUT2D eigenvalue weighted by molar-refractivity contribution is 7.96. The molecule has 5 nitrogen and oxygen atoms in total. The molecule has 7 heteroatoms. The van der Waals surface area contributed by atoms with E-state index in [-0.39, 0.29) is 23.5 Å². The summed E-state index contributed by atoms with van der Waals surface area (Å²) in [6.07, 6.45) is 2.54. The van der Waals surface area contributed by atoms with E-state index in [0.29, 0.717) is 34.7 Å². The molecule has 3 rings (SSSR count). The number of ether oxygens (including phenoxy) is 2. The van der Waals surface area contributed by atoms with Gasteiger partial charge in [0, 0.05) is 24.7 Å². The number of carbonyl (C=O) groups excluding carboxylic acids is 1. The Balaban J connectivity index is 2.28. The fourth-order valence-corrected chi connectivity index (χ4v) is 3.26. The minimum absolute atomic E-state index is 0.0569. The second kappa shape index (κ2) is 9.13. The van der Waals surface area contributed by atoms with E-state index < -0.39 is 11.2 Å². The maximum atomic E-state index is 14.8. The molecule has 3 aromatic rings. The Morgan fingerprint density at radius 1 is 1.17 bits per heavy atom. The third kappa shape index (κ3) is 4.45. The Morgan fingerprint density at radius 3 is 2.52 bits per heavy atom. The molecule has 1 heterocycles. The summed E-state index contributed by atoms with van der Waals surface area (Å²) in [4.78, 5) is 24.6. The summed E-state index contributed by atoms with van der Waals surface area (Å²) in [6, 6.07) is 9.70. The molecule has 0 fully saturated rings. The molecule has 1 aromatic heterocycles. The molecule has 0 radical (unpaired) electrons. The van der Waals surface area contributed by atoms with Crippen molar-refractivity contribution in [2.75, 3.05) is 13.7 Å². The molecule has 0 amide bonds.